The molecule has 0 N–H and O–H groups in total. The lowest BCUT2D eigenvalue weighted by atomic mass is 9.82. The summed E-state index contributed by atoms with van der Waals surface area (Å²) in [7, 11) is 0. The van der Waals surface area contributed by atoms with E-state index in [1.807, 2.05) is 30.3 Å². The molecule has 2 aliphatic rings. The zero-order chi connectivity index (χ0) is 34.1. The summed E-state index contributed by atoms with van der Waals surface area (Å²) in [6.45, 7) is 4.55. The van der Waals surface area contributed by atoms with Gasteiger partial charge in [-0.05, 0) is 63.4 Å². The summed E-state index contributed by atoms with van der Waals surface area (Å²) in [5.41, 5.74) is 11.4. The van der Waals surface area contributed by atoms with E-state index in [0.29, 0.717) is 17.3 Å². The summed E-state index contributed by atoms with van der Waals surface area (Å²) in [5, 5.41) is 2.37. The molecule has 1 aromatic heterocycles. The van der Waals surface area contributed by atoms with Crippen LogP contribution in [0.4, 0.5) is 0 Å². The van der Waals surface area contributed by atoms with E-state index < -0.39 is 0 Å². The summed E-state index contributed by atoms with van der Waals surface area (Å²) >= 11 is 0. The topological polar surface area (TPSA) is 44.2 Å². The SMILES string of the molecule is CC1(C)c2ccccc2-c2c1ccc1c2Oc2cccc(-c3cccc(-c4nc(-c5ccccc5)cc(-c5ccc6ccccc6c5)n4)c3)c2O1. The van der Waals surface area contributed by atoms with Gasteiger partial charge in [0.1, 0.15) is 0 Å². The number of benzene rings is 7. The van der Waals surface area contributed by atoms with Crippen molar-refractivity contribution in [2.45, 2.75) is 19.3 Å². The number of aromatic nitrogens is 2. The number of para-hydroxylation sites is 1. The van der Waals surface area contributed by atoms with E-state index in [-0.39, 0.29) is 5.41 Å². The molecule has 2 heterocycles. The molecule has 0 spiro atoms. The summed E-state index contributed by atoms with van der Waals surface area (Å²) in [6, 6.07) is 54.6. The minimum atomic E-state index is -0.124. The molecule has 7 aromatic carbocycles. The highest BCUT2D eigenvalue weighted by atomic mass is 16.6. The van der Waals surface area contributed by atoms with E-state index in [1.54, 1.807) is 0 Å². The van der Waals surface area contributed by atoms with Crippen LogP contribution in [0.15, 0.2) is 158 Å². The van der Waals surface area contributed by atoms with Gasteiger partial charge in [0.15, 0.2) is 28.8 Å². The van der Waals surface area contributed by atoms with Crippen molar-refractivity contribution in [1.29, 1.82) is 0 Å². The first-order valence-electron chi connectivity index (χ1n) is 17.3. The van der Waals surface area contributed by atoms with E-state index in [0.717, 1.165) is 56.3 Å². The van der Waals surface area contributed by atoms with Crippen LogP contribution in [0.25, 0.3) is 66.9 Å². The predicted molar refractivity (Wildman–Crippen MR) is 205 cm³/mol. The summed E-state index contributed by atoms with van der Waals surface area (Å²) < 4.78 is 13.5. The Morgan fingerprint density at radius 1 is 0.431 bits per heavy atom. The van der Waals surface area contributed by atoms with Crippen LogP contribution in [-0.4, -0.2) is 9.97 Å². The molecule has 0 radical (unpaired) electrons. The minimum absolute atomic E-state index is 0.124. The third-order valence-corrected chi connectivity index (χ3v) is 10.3. The second-order valence-corrected chi connectivity index (χ2v) is 13.8. The number of nitrogens with zero attached hydrogens (tertiary/aromatic N) is 2. The zero-order valence-electron chi connectivity index (χ0n) is 28.2. The van der Waals surface area contributed by atoms with Gasteiger partial charge in [-0.25, -0.2) is 9.97 Å². The van der Waals surface area contributed by atoms with Gasteiger partial charge < -0.3 is 9.47 Å². The second-order valence-electron chi connectivity index (χ2n) is 13.8. The lowest BCUT2D eigenvalue weighted by Crippen LogP contribution is -2.15. The van der Waals surface area contributed by atoms with Crippen LogP contribution < -0.4 is 9.47 Å². The fourth-order valence-corrected chi connectivity index (χ4v) is 7.73. The maximum Gasteiger partial charge on any atom is 0.178 e. The fourth-order valence-electron chi connectivity index (χ4n) is 7.73. The largest absolute Gasteiger partial charge is 0.449 e. The maximum atomic E-state index is 6.76. The highest BCUT2D eigenvalue weighted by Crippen LogP contribution is 2.59. The van der Waals surface area contributed by atoms with Gasteiger partial charge in [0.2, 0.25) is 0 Å². The molecule has 0 bridgehead atoms. The van der Waals surface area contributed by atoms with E-state index in [9.17, 15) is 0 Å². The van der Waals surface area contributed by atoms with Gasteiger partial charge in [-0.15, -0.1) is 0 Å². The molecule has 51 heavy (non-hydrogen) atoms. The summed E-state index contributed by atoms with van der Waals surface area (Å²) in [4.78, 5) is 10.3. The second kappa shape index (κ2) is 11.3. The molecule has 8 aromatic rings. The van der Waals surface area contributed by atoms with E-state index in [2.05, 4.69) is 141 Å². The molecular formula is C47H32N2O2. The van der Waals surface area contributed by atoms with Gasteiger partial charge in [-0.2, -0.15) is 0 Å². The Morgan fingerprint density at radius 2 is 1.10 bits per heavy atom. The average Bonchev–Trinajstić information content (AvgIpc) is 3.43. The first-order valence-corrected chi connectivity index (χ1v) is 17.3. The molecule has 1 aliphatic heterocycles. The predicted octanol–water partition coefficient (Wildman–Crippen LogP) is 12.5. The van der Waals surface area contributed by atoms with Crippen LogP contribution in [0.3, 0.4) is 0 Å². The molecule has 0 amide bonds. The number of ether oxygens (including phenoxy) is 2. The van der Waals surface area contributed by atoms with Gasteiger partial charge >= 0.3 is 0 Å². The quantitative estimate of drug-likeness (QED) is 0.189. The smallest absolute Gasteiger partial charge is 0.178 e. The van der Waals surface area contributed by atoms with E-state index >= 15 is 0 Å². The molecule has 1 aliphatic carbocycles. The Morgan fingerprint density at radius 3 is 1.98 bits per heavy atom. The Kier molecular flexibility index (Phi) is 6.49. The van der Waals surface area contributed by atoms with Gasteiger partial charge in [0, 0.05) is 33.2 Å². The first kappa shape index (κ1) is 29.4. The molecule has 4 heteroatoms. The molecule has 0 fully saturated rings. The van der Waals surface area contributed by atoms with Crippen LogP contribution >= 0.6 is 0 Å². The number of hydrogen-bond donors (Lipinski definition) is 0. The van der Waals surface area contributed by atoms with Crippen LogP contribution in [0.2, 0.25) is 0 Å². The van der Waals surface area contributed by atoms with E-state index in [4.69, 9.17) is 19.4 Å². The van der Waals surface area contributed by atoms with E-state index in [1.165, 1.54) is 27.5 Å². The lowest BCUT2D eigenvalue weighted by molar-refractivity contribution is 0.361. The van der Waals surface area contributed by atoms with Crippen LogP contribution in [0, 0.1) is 0 Å². The minimum Gasteiger partial charge on any atom is -0.449 e. The van der Waals surface area contributed by atoms with Gasteiger partial charge in [-0.3, -0.25) is 0 Å². The monoisotopic (exact) mass is 656 g/mol. The number of fused-ring (bicyclic) bond motifs is 7. The molecule has 4 nitrogen and oxygen atoms in total. The van der Waals surface area contributed by atoms with Gasteiger partial charge in [-0.1, -0.05) is 141 Å². The van der Waals surface area contributed by atoms with Gasteiger partial charge in [0.25, 0.3) is 0 Å². The Balaban J connectivity index is 1.07. The molecule has 0 atom stereocenters. The summed E-state index contributed by atoms with van der Waals surface area (Å²) in [6.07, 6.45) is 0. The molecule has 242 valence electrons. The lowest BCUT2D eigenvalue weighted by Gasteiger charge is -2.26. The highest BCUT2D eigenvalue weighted by Gasteiger charge is 2.39. The first-order chi connectivity index (χ1) is 25.0. The third-order valence-electron chi connectivity index (χ3n) is 10.3. The van der Waals surface area contributed by atoms with Crippen LogP contribution in [0.1, 0.15) is 25.0 Å². The normalized spacial score (nSPS) is 13.4. The maximum absolute atomic E-state index is 6.76. The van der Waals surface area contributed by atoms with Crippen LogP contribution in [-0.2, 0) is 5.41 Å². The molecule has 0 unspecified atom stereocenters. The van der Waals surface area contributed by atoms with Crippen molar-refractivity contribution < 1.29 is 9.47 Å². The standard InChI is InChI=1S/C47H32N2O2/c1-47(2)37-20-9-8-18-36(37)43-38(47)24-25-42-45(43)51-41-21-11-19-35(44(41)50-42)32-16-10-17-34(27-32)46-48-39(30-13-4-3-5-14-30)28-40(49-46)33-23-22-29-12-6-7-15-31(29)26-33/h3-28H,1-2H3. The zero-order valence-corrected chi connectivity index (χ0v) is 28.2. The Bertz CT molecular complexity index is 2680. The fraction of sp³-hybridized carbons (Fsp3) is 0.0638. The Hall–Kier alpha value is -6.52. The average molecular weight is 657 g/mol. The van der Waals surface area contributed by atoms with Crippen molar-refractivity contribution in [2.24, 2.45) is 0 Å². The van der Waals surface area contributed by atoms with Crippen molar-refractivity contribution >= 4 is 10.8 Å². The number of rotatable bonds is 4. The van der Waals surface area contributed by atoms with Gasteiger partial charge in [0.05, 0.1) is 11.4 Å². The third kappa shape index (κ3) is 4.75. The van der Waals surface area contributed by atoms with Crippen LogP contribution in [0.5, 0.6) is 23.0 Å². The Labute approximate surface area is 296 Å². The molecule has 10 rings (SSSR count). The highest BCUT2D eigenvalue weighted by molar-refractivity contribution is 5.90. The van der Waals surface area contributed by atoms with Crippen molar-refractivity contribution in [3.8, 4) is 79.2 Å². The van der Waals surface area contributed by atoms with Crippen molar-refractivity contribution in [1.82, 2.24) is 9.97 Å². The van der Waals surface area contributed by atoms with Crippen molar-refractivity contribution in [3.05, 3.63) is 169 Å². The summed E-state index contributed by atoms with van der Waals surface area (Å²) in [5.74, 6) is 3.54. The molecule has 0 saturated heterocycles. The van der Waals surface area contributed by atoms with Crippen molar-refractivity contribution in [3.63, 3.8) is 0 Å². The molecular weight excluding hydrogens is 625 g/mol. The number of hydrogen-bond acceptors (Lipinski definition) is 4. The molecule has 0 saturated carbocycles. The van der Waals surface area contributed by atoms with Crippen molar-refractivity contribution in [2.75, 3.05) is 0 Å².